The predicted molar refractivity (Wildman–Crippen MR) is 122 cm³/mol. The lowest BCUT2D eigenvalue weighted by molar-refractivity contribution is -0.274. The molecule has 3 heterocycles. The van der Waals surface area contributed by atoms with Crippen molar-refractivity contribution < 1.29 is 22.7 Å². The zero-order valence-electron chi connectivity index (χ0n) is 18.1. The van der Waals surface area contributed by atoms with Crippen LogP contribution in [0.1, 0.15) is 35.8 Å². The first-order chi connectivity index (χ1) is 15.2. The molecule has 1 aliphatic rings. The number of anilines is 2. The number of carbonyl (C=O) groups is 1. The zero-order chi connectivity index (χ0) is 22.9. The van der Waals surface area contributed by atoms with Crippen LogP contribution in [0.2, 0.25) is 0 Å². The van der Waals surface area contributed by atoms with Gasteiger partial charge in [-0.25, -0.2) is 9.97 Å². The summed E-state index contributed by atoms with van der Waals surface area (Å²) in [6, 6.07) is 9.03. The number of piperidine rings is 1. The highest BCUT2D eigenvalue weighted by Crippen LogP contribution is 2.32. The summed E-state index contributed by atoms with van der Waals surface area (Å²) >= 11 is 0. The molecule has 1 aromatic carbocycles. The number of nitrogens with zero attached hydrogens (tertiary/aromatic N) is 3. The maximum atomic E-state index is 13.4. The van der Waals surface area contributed by atoms with Crippen molar-refractivity contribution >= 4 is 40.7 Å². The molecule has 1 amide bonds. The van der Waals surface area contributed by atoms with E-state index in [1.807, 2.05) is 24.0 Å². The van der Waals surface area contributed by atoms with Crippen molar-refractivity contribution in [3.63, 3.8) is 0 Å². The van der Waals surface area contributed by atoms with E-state index in [9.17, 15) is 18.0 Å². The van der Waals surface area contributed by atoms with E-state index in [2.05, 4.69) is 26.9 Å². The third kappa shape index (κ3) is 5.84. The summed E-state index contributed by atoms with van der Waals surface area (Å²) < 4.78 is 41.3. The van der Waals surface area contributed by atoms with Crippen LogP contribution in [0.15, 0.2) is 42.6 Å². The molecule has 0 aliphatic carbocycles. The second kappa shape index (κ2) is 9.82. The maximum absolute atomic E-state index is 13.4. The number of halogens is 4. The Morgan fingerprint density at radius 1 is 1.18 bits per heavy atom. The van der Waals surface area contributed by atoms with Crippen molar-refractivity contribution in [2.45, 2.75) is 33.1 Å². The molecule has 176 valence electrons. The Bertz CT molecular complexity index is 1140. The number of amides is 1. The van der Waals surface area contributed by atoms with E-state index in [1.165, 1.54) is 30.5 Å². The minimum absolute atomic E-state index is 0. The van der Waals surface area contributed by atoms with Crippen LogP contribution in [0.5, 0.6) is 5.75 Å². The maximum Gasteiger partial charge on any atom is 0.573 e. The summed E-state index contributed by atoms with van der Waals surface area (Å²) in [7, 11) is 0. The molecule has 1 atom stereocenters. The summed E-state index contributed by atoms with van der Waals surface area (Å²) in [5.41, 5.74) is 2.69. The minimum atomic E-state index is -4.76. The molecule has 1 unspecified atom stereocenters. The highest BCUT2D eigenvalue weighted by molar-refractivity contribution is 6.07. The van der Waals surface area contributed by atoms with E-state index in [4.69, 9.17) is 0 Å². The molecule has 2 aromatic heterocycles. The number of carbonyl (C=O) groups excluding carboxylic acids is 1. The summed E-state index contributed by atoms with van der Waals surface area (Å²) in [6.07, 6.45) is -1.22. The van der Waals surface area contributed by atoms with Gasteiger partial charge in [-0.2, -0.15) is 0 Å². The van der Waals surface area contributed by atoms with Crippen molar-refractivity contribution in [1.82, 2.24) is 14.9 Å². The van der Waals surface area contributed by atoms with Gasteiger partial charge in [-0.15, -0.1) is 25.6 Å². The lowest BCUT2D eigenvalue weighted by Gasteiger charge is -2.31. The first-order valence-electron chi connectivity index (χ1n) is 10.4. The van der Waals surface area contributed by atoms with Gasteiger partial charge in [0.05, 0.1) is 11.3 Å². The Hall–Kier alpha value is -3.07. The molecule has 0 bridgehead atoms. The molecule has 0 spiro atoms. The van der Waals surface area contributed by atoms with E-state index in [-0.39, 0.29) is 24.1 Å². The van der Waals surface area contributed by atoms with Gasteiger partial charge in [0.1, 0.15) is 5.75 Å². The molecular formula is C23H24ClF3N4O2. The number of hydrogen-bond donors (Lipinski definition) is 1. The van der Waals surface area contributed by atoms with E-state index < -0.39 is 6.36 Å². The number of alkyl halides is 3. The number of ether oxygens (including phenoxy) is 1. The lowest BCUT2D eigenvalue weighted by Crippen LogP contribution is -2.39. The SMILES string of the molecule is Cc1ccc2c(Nc3ccc(OC(F)(F)F)cc3)c(C(=O)N3CCCC(C)C3)cnc2n1.Cl. The third-order valence-electron chi connectivity index (χ3n) is 5.40. The van der Waals surface area contributed by atoms with Gasteiger partial charge in [0.25, 0.3) is 5.91 Å². The van der Waals surface area contributed by atoms with Crippen molar-refractivity contribution in [2.24, 2.45) is 5.92 Å². The number of fused-ring (bicyclic) bond motifs is 1. The number of nitrogens with one attached hydrogen (secondary N) is 1. The van der Waals surface area contributed by atoms with Crippen LogP contribution in [-0.4, -0.2) is 40.2 Å². The van der Waals surface area contributed by atoms with E-state index in [0.29, 0.717) is 47.0 Å². The highest BCUT2D eigenvalue weighted by Gasteiger charge is 2.31. The van der Waals surface area contributed by atoms with Crippen LogP contribution in [0.25, 0.3) is 11.0 Å². The Morgan fingerprint density at radius 3 is 2.58 bits per heavy atom. The number of aromatic nitrogens is 2. The first-order valence-corrected chi connectivity index (χ1v) is 10.4. The topological polar surface area (TPSA) is 67.3 Å². The summed E-state index contributed by atoms with van der Waals surface area (Å²) in [4.78, 5) is 24.0. The van der Waals surface area contributed by atoms with Crippen molar-refractivity contribution in [2.75, 3.05) is 18.4 Å². The van der Waals surface area contributed by atoms with Crippen LogP contribution >= 0.6 is 12.4 Å². The summed E-state index contributed by atoms with van der Waals surface area (Å²) in [6.45, 7) is 5.32. The fourth-order valence-corrected chi connectivity index (χ4v) is 3.90. The van der Waals surface area contributed by atoms with Crippen LogP contribution in [0, 0.1) is 12.8 Å². The van der Waals surface area contributed by atoms with Gasteiger partial charge in [0.2, 0.25) is 0 Å². The average Bonchev–Trinajstić information content (AvgIpc) is 2.73. The number of benzene rings is 1. The van der Waals surface area contributed by atoms with Gasteiger partial charge in [0.15, 0.2) is 5.65 Å². The molecule has 1 aliphatic heterocycles. The van der Waals surface area contributed by atoms with Crippen molar-refractivity contribution in [3.05, 3.63) is 53.9 Å². The molecule has 10 heteroatoms. The lowest BCUT2D eigenvalue weighted by atomic mass is 9.99. The van der Waals surface area contributed by atoms with Gasteiger partial charge >= 0.3 is 6.36 Å². The minimum Gasteiger partial charge on any atom is -0.406 e. The van der Waals surface area contributed by atoms with Gasteiger partial charge < -0.3 is 15.0 Å². The fourth-order valence-electron chi connectivity index (χ4n) is 3.90. The Balaban J connectivity index is 0.00000306. The number of pyridine rings is 2. The second-order valence-electron chi connectivity index (χ2n) is 8.07. The van der Waals surface area contributed by atoms with Gasteiger partial charge in [0, 0.05) is 36.1 Å². The Kier molecular flexibility index (Phi) is 7.31. The number of hydrogen-bond acceptors (Lipinski definition) is 5. The molecule has 1 saturated heterocycles. The number of rotatable bonds is 4. The van der Waals surface area contributed by atoms with Gasteiger partial charge in [-0.05, 0) is 62.1 Å². The standard InChI is InChI=1S/C23H23F3N4O2.ClH/c1-14-4-3-11-30(13-14)22(31)19-12-27-21-18(10-5-15(2)28-21)20(19)29-16-6-8-17(9-7-16)32-23(24,25)26;/h5-10,12,14H,3-4,11,13H2,1-2H3,(H,27,28,29);1H. The smallest absolute Gasteiger partial charge is 0.406 e. The highest BCUT2D eigenvalue weighted by atomic mass is 35.5. The van der Waals surface area contributed by atoms with E-state index in [0.717, 1.165) is 18.5 Å². The van der Waals surface area contributed by atoms with Gasteiger partial charge in [-0.1, -0.05) is 6.92 Å². The Labute approximate surface area is 195 Å². The molecule has 3 aromatic rings. The van der Waals surface area contributed by atoms with Crippen LogP contribution in [0.4, 0.5) is 24.5 Å². The molecule has 33 heavy (non-hydrogen) atoms. The van der Waals surface area contributed by atoms with Crippen LogP contribution < -0.4 is 10.1 Å². The molecule has 6 nitrogen and oxygen atoms in total. The average molecular weight is 481 g/mol. The number of likely N-dealkylation sites (tertiary alicyclic amines) is 1. The quantitative estimate of drug-likeness (QED) is 0.505. The number of aryl methyl sites for hydroxylation is 1. The van der Waals surface area contributed by atoms with Crippen molar-refractivity contribution in [3.8, 4) is 5.75 Å². The van der Waals surface area contributed by atoms with E-state index >= 15 is 0 Å². The second-order valence-corrected chi connectivity index (χ2v) is 8.07. The fraction of sp³-hybridized carbons (Fsp3) is 0.348. The van der Waals surface area contributed by atoms with Crippen molar-refractivity contribution in [1.29, 1.82) is 0 Å². The molecular weight excluding hydrogens is 457 g/mol. The third-order valence-corrected chi connectivity index (χ3v) is 5.40. The largest absolute Gasteiger partial charge is 0.573 e. The molecule has 1 N–H and O–H groups in total. The Morgan fingerprint density at radius 2 is 1.91 bits per heavy atom. The summed E-state index contributed by atoms with van der Waals surface area (Å²) in [5, 5.41) is 3.85. The van der Waals surface area contributed by atoms with Crippen LogP contribution in [-0.2, 0) is 0 Å². The summed E-state index contributed by atoms with van der Waals surface area (Å²) in [5.74, 6) is -0.0346. The first kappa shape index (κ1) is 24.6. The van der Waals surface area contributed by atoms with Gasteiger partial charge in [-0.3, -0.25) is 4.79 Å². The molecule has 4 rings (SSSR count). The van der Waals surface area contributed by atoms with E-state index in [1.54, 1.807) is 0 Å². The molecule has 0 radical (unpaired) electrons. The predicted octanol–water partition coefficient (Wildman–Crippen LogP) is 5.87. The molecule has 1 fully saturated rings. The van der Waals surface area contributed by atoms with Crippen LogP contribution in [0.3, 0.4) is 0 Å². The molecule has 0 saturated carbocycles. The zero-order valence-corrected chi connectivity index (χ0v) is 19.0. The monoisotopic (exact) mass is 480 g/mol. The normalized spacial score (nSPS) is 16.3.